The molecule has 1 aromatic rings. The molecular weight excluding hydrogens is 218 g/mol. The molecular formula is C13H17NO3. The monoisotopic (exact) mass is 235 g/mol. The lowest BCUT2D eigenvalue weighted by molar-refractivity contribution is -0.121. The fraction of sp³-hybridized carbons (Fsp3) is 0.462. The van der Waals surface area contributed by atoms with E-state index in [4.69, 9.17) is 4.74 Å². The lowest BCUT2D eigenvalue weighted by atomic mass is 9.98. The Hall–Kier alpha value is -1.55. The van der Waals surface area contributed by atoms with Crippen LogP contribution in [-0.4, -0.2) is 23.7 Å². The third-order valence-corrected chi connectivity index (χ3v) is 3.06. The summed E-state index contributed by atoms with van der Waals surface area (Å²) in [4.78, 5) is 12.0. The van der Waals surface area contributed by atoms with E-state index in [2.05, 4.69) is 5.32 Å². The number of carbonyl (C=O) groups excluding carboxylic acids is 1. The van der Waals surface area contributed by atoms with E-state index in [1.807, 2.05) is 6.92 Å². The highest BCUT2D eigenvalue weighted by atomic mass is 16.5. The molecule has 1 aliphatic rings. The van der Waals surface area contributed by atoms with Gasteiger partial charge in [0.15, 0.2) is 0 Å². The fourth-order valence-electron chi connectivity index (χ4n) is 2.17. The maximum atomic E-state index is 12.0. The van der Waals surface area contributed by atoms with E-state index < -0.39 is 0 Å². The molecule has 4 heteroatoms. The molecule has 1 heterocycles. The van der Waals surface area contributed by atoms with Gasteiger partial charge in [0.1, 0.15) is 5.75 Å². The van der Waals surface area contributed by atoms with Gasteiger partial charge >= 0.3 is 0 Å². The van der Waals surface area contributed by atoms with Gasteiger partial charge in [-0.05, 0) is 25.0 Å². The van der Waals surface area contributed by atoms with Crippen LogP contribution in [0.5, 0.6) is 5.75 Å². The normalized spacial score (nSPS) is 23.6. The first-order chi connectivity index (χ1) is 8.20. The molecule has 1 fully saturated rings. The number of rotatable bonds is 3. The molecule has 2 rings (SSSR count). The summed E-state index contributed by atoms with van der Waals surface area (Å²) in [5.41, 5.74) is 0.622. The van der Waals surface area contributed by atoms with Crippen LogP contribution >= 0.6 is 0 Å². The summed E-state index contributed by atoms with van der Waals surface area (Å²) in [7, 11) is 0. The van der Waals surface area contributed by atoms with Crippen molar-refractivity contribution in [2.45, 2.75) is 25.9 Å². The molecule has 2 atom stereocenters. The number of benzene rings is 1. The molecule has 1 aromatic carbocycles. The molecule has 0 radical (unpaired) electrons. The highest BCUT2D eigenvalue weighted by Crippen LogP contribution is 2.25. The second kappa shape index (κ2) is 5.19. The zero-order valence-electron chi connectivity index (χ0n) is 9.85. The molecule has 0 saturated carbocycles. The van der Waals surface area contributed by atoms with Crippen LogP contribution in [-0.2, 0) is 9.53 Å². The van der Waals surface area contributed by atoms with Crippen LogP contribution in [0.2, 0.25) is 0 Å². The Morgan fingerprint density at radius 3 is 3.12 bits per heavy atom. The lowest BCUT2D eigenvalue weighted by Gasteiger charge is -2.16. The van der Waals surface area contributed by atoms with Crippen molar-refractivity contribution < 1.29 is 14.6 Å². The Kier molecular flexibility index (Phi) is 3.64. The zero-order valence-corrected chi connectivity index (χ0v) is 9.85. The quantitative estimate of drug-likeness (QED) is 0.844. The van der Waals surface area contributed by atoms with Gasteiger partial charge in [0, 0.05) is 18.4 Å². The van der Waals surface area contributed by atoms with E-state index in [1.54, 1.807) is 18.2 Å². The minimum Gasteiger partial charge on any atom is -0.508 e. The molecule has 0 spiro atoms. The molecule has 0 aliphatic carbocycles. The van der Waals surface area contributed by atoms with Crippen molar-refractivity contribution in [3.05, 3.63) is 24.3 Å². The Morgan fingerprint density at radius 2 is 2.41 bits per heavy atom. The van der Waals surface area contributed by atoms with Crippen molar-refractivity contribution in [2.75, 3.05) is 11.9 Å². The maximum absolute atomic E-state index is 12.0. The third kappa shape index (κ3) is 2.77. The van der Waals surface area contributed by atoms with Crippen LogP contribution in [0.1, 0.15) is 19.8 Å². The van der Waals surface area contributed by atoms with Crippen LogP contribution in [0.3, 0.4) is 0 Å². The molecule has 0 bridgehead atoms. The van der Waals surface area contributed by atoms with Gasteiger partial charge in [0.05, 0.1) is 12.0 Å². The number of phenolic OH excluding ortho intramolecular Hbond substituents is 1. The van der Waals surface area contributed by atoms with Crippen LogP contribution in [0.4, 0.5) is 5.69 Å². The number of amides is 1. The first-order valence-corrected chi connectivity index (χ1v) is 5.92. The number of hydrogen-bond acceptors (Lipinski definition) is 3. The Morgan fingerprint density at radius 1 is 1.59 bits per heavy atom. The number of nitrogens with one attached hydrogen (secondary N) is 1. The summed E-state index contributed by atoms with van der Waals surface area (Å²) >= 11 is 0. The molecule has 17 heavy (non-hydrogen) atoms. The number of ether oxygens (including phenoxy) is 1. The largest absolute Gasteiger partial charge is 0.508 e. The van der Waals surface area contributed by atoms with E-state index in [1.165, 1.54) is 6.07 Å². The molecule has 0 aromatic heterocycles. The van der Waals surface area contributed by atoms with Gasteiger partial charge in [-0.3, -0.25) is 4.79 Å². The Balaban J connectivity index is 2.01. The maximum Gasteiger partial charge on any atom is 0.230 e. The van der Waals surface area contributed by atoms with E-state index in [-0.39, 0.29) is 23.7 Å². The molecule has 1 aliphatic heterocycles. The van der Waals surface area contributed by atoms with Crippen molar-refractivity contribution in [2.24, 2.45) is 5.92 Å². The summed E-state index contributed by atoms with van der Waals surface area (Å²) in [5.74, 6) is 0.0415. The molecule has 4 nitrogen and oxygen atoms in total. The van der Waals surface area contributed by atoms with Crippen molar-refractivity contribution in [3.63, 3.8) is 0 Å². The smallest absolute Gasteiger partial charge is 0.230 e. The Labute approximate surface area is 101 Å². The minimum atomic E-state index is -0.0812. The molecule has 2 N–H and O–H groups in total. The van der Waals surface area contributed by atoms with Gasteiger partial charge in [-0.25, -0.2) is 0 Å². The highest BCUT2D eigenvalue weighted by molar-refractivity contribution is 5.93. The van der Waals surface area contributed by atoms with E-state index in [0.717, 1.165) is 12.8 Å². The second-order valence-electron chi connectivity index (χ2n) is 4.25. The second-order valence-corrected chi connectivity index (χ2v) is 4.25. The van der Waals surface area contributed by atoms with E-state index in [0.29, 0.717) is 12.3 Å². The molecule has 1 saturated heterocycles. The summed E-state index contributed by atoms with van der Waals surface area (Å²) in [6, 6.07) is 6.57. The minimum absolute atomic E-state index is 0.0207. The van der Waals surface area contributed by atoms with Crippen LogP contribution in [0.15, 0.2) is 24.3 Å². The van der Waals surface area contributed by atoms with E-state index >= 15 is 0 Å². The molecule has 92 valence electrons. The van der Waals surface area contributed by atoms with Crippen molar-refractivity contribution >= 4 is 11.6 Å². The lowest BCUT2D eigenvalue weighted by Crippen LogP contribution is -2.29. The standard InChI is InChI=1S/C13H17NO3/c1-2-12-11(6-7-17-12)13(16)14-9-4-3-5-10(15)8-9/h3-5,8,11-12,15H,2,6-7H2,1H3,(H,14,16). The van der Waals surface area contributed by atoms with Gasteiger partial charge < -0.3 is 15.2 Å². The van der Waals surface area contributed by atoms with E-state index in [9.17, 15) is 9.90 Å². The van der Waals surface area contributed by atoms with Crippen molar-refractivity contribution in [3.8, 4) is 5.75 Å². The average molecular weight is 235 g/mol. The van der Waals surface area contributed by atoms with Gasteiger partial charge in [-0.2, -0.15) is 0 Å². The van der Waals surface area contributed by atoms with Gasteiger partial charge in [-0.15, -0.1) is 0 Å². The first kappa shape index (κ1) is 11.9. The SMILES string of the molecule is CCC1OCCC1C(=O)Nc1cccc(O)c1. The summed E-state index contributed by atoms with van der Waals surface area (Å²) in [6.45, 7) is 2.67. The number of aromatic hydroxyl groups is 1. The number of carbonyl (C=O) groups is 1. The number of anilines is 1. The molecule has 1 amide bonds. The Bertz CT molecular complexity index is 405. The van der Waals surface area contributed by atoms with Gasteiger partial charge in [0.25, 0.3) is 0 Å². The fourth-order valence-corrected chi connectivity index (χ4v) is 2.17. The highest BCUT2D eigenvalue weighted by Gasteiger charge is 2.32. The van der Waals surface area contributed by atoms with Crippen molar-refractivity contribution in [1.29, 1.82) is 0 Å². The predicted molar refractivity (Wildman–Crippen MR) is 64.9 cm³/mol. The summed E-state index contributed by atoms with van der Waals surface area (Å²) < 4.78 is 5.49. The van der Waals surface area contributed by atoms with Gasteiger partial charge in [0.2, 0.25) is 5.91 Å². The predicted octanol–water partition coefficient (Wildman–Crippen LogP) is 2.15. The molecule has 2 unspecified atom stereocenters. The van der Waals surface area contributed by atoms with Crippen LogP contribution < -0.4 is 5.32 Å². The van der Waals surface area contributed by atoms with Gasteiger partial charge in [-0.1, -0.05) is 13.0 Å². The first-order valence-electron chi connectivity index (χ1n) is 5.92. The topological polar surface area (TPSA) is 58.6 Å². The third-order valence-electron chi connectivity index (χ3n) is 3.06. The number of hydrogen-bond donors (Lipinski definition) is 2. The zero-order chi connectivity index (χ0) is 12.3. The summed E-state index contributed by atoms with van der Waals surface area (Å²) in [5, 5.41) is 12.1. The average Bonchev–Trinajstić information content (AvgIpc) is 2.77. The van der Waals surface area contributed by atoms with Crippen LogP contribution in [0.25, 0.3) is 0 Å². The summed E-state index contributed by atoms with van der Waals surface area (Å²) in [6.07, 6.45) is 1.63. The van der Waals surface area contributed by atoms with Crippen LogP contribution in [0, 0.1) is 5.92 Å². The van der Waals surface area contributed by atoms with Crippen molar-refractivity contribution in [1.82, 2.24) is 0 Å². The number of phenols is 1.